The SMILES string of the molecule is C[C@H](C(=O)N[C@H](C)c1ccc(F)cc1)[NH+]1CC[NH+](Cc2ccccc2F)CC1. The number of nitrogens with one attached hydrogen (secondary N) is 3. The summed E-state index contributed by atoms with van der Waals surface area (Å²) in [6.45, 7) is 8.12. The molecule has 0 aliphatic carbocycles. The Kier molecular flexibility index (Phi) is 6.75. The first-order valence-electron chi connectivity index (χ1n) is 9.91. The molecule has 3 N–H and O–H groups in total. The third kappa shape index (κ3) is 5.14. The summed E-state index contributed by atoms with van der Waals surface area (Å²) in [4.78, 5) is 15.2. The molecule has 0 saturated carbocycles. The quantitative estimate of drug-likeness (QED) is 0.662. The largest absolute Gasteiger partial charge is 0.344 e. The molecule has 0 spiro atoms. The molecule has 1 saturated heterocycles. The second-order valence-corrected chi connectivity index (χ2v) is 7.68. The van der Waals surface area contributed by atoms with Crippen molar-refractivity contribution in [1.82, 2.24) is 5.32 Å². The van der Waals surface area contributed by atoms with Gasteiger partial charge in [0.25, 0.3) is 5.91 Å². The first-order valence-corrected chi connectivity index (χ1v) is 9.91. The van der Waals surface area contributed by atoms with E-state index in [0.29, 0.717) is 6.54 Å². The fraction of sp³-hybridized carbons (Fsp3) is 0.409. The van der Waals surface area contributed by atoms with Gasteiger partial charge in [0.15, 0.2) is 6.04 Å². The topological polar surface area (TPSA) is 38.0 Å². The molecule has 3 rings (SSSR count). The molecule has 0 radical (unpaired) electrons. The molecule has 1 amide bonds. The van der Waals surface area contributed by atoms with E-state index in [1.54, 1.807) is 18.2 Å². The smallest absolute Gasteiger partial charge is 0.278 e. The second-order valence-electron chi connectivity index (χ2n) is 7.68. The van der Waals surface area contributed by atoms with Crippen LogP contribution in [0.25, 0.3) is 0 Å². The Bertz CT molecular complexity index is 789. The monoisotopic (exact) mass is 389 g/mol. The van der Waals surface area contributed by atoms with E-state index in [4.69, 9.17) is 0 Å². The number of piperazine rings is 1. The Morgan fingerprint density at radius 2 is 1.64 bits per heavy atom. The van der Waals surface area contributed by atoms with Crippen molar-refractivity contribution in [2.45, 2.75) is 32.5 Å². The van der Waals surface area contributed by atoms with Crippen molar-refractivity contribution in [1.29, 1.82) is 0 Å². The average Bonchev–Trinajstić information content (AvgIpc) is 2.70. The van der Waals surface area contributed by atoms with Gasteiger partial charge in [-0.3, -0.25) is 4.79 Å². The van der Waals surface area contributed by atoms with Crippen molar-refractivity contribution < 1.29 is 23.4 Å². The predicted octanol–water partition coefficient (Wildman–Crippen LogP) is 0.514. The second kappa shape index (κ2) is 9.26. The van der Waals surface area contributed by atoms with Crippen LogP contribution in [0.15, 0.2) is 48.5 Å². The summed E-state index contributed by atoms with van der Waals surface area (Å²) in [6, 6.07) is 12.8. The molecule has 6 heteroatoms. The van der Waals surface area contributed by atoms with Crippen LogP contribution in [0.1, 0.15) is 31.0 Å². The van der Waals surface area contributed by atoms with E-state index in [1.807, 2.05) is 26.0 Å². The maximum atomic E-state index is 13.8. The highest BCUT2D eigenvalue weighted by molar-refractivity contribution is 5.80. The van der Waals surface area contributed by atoms with E-state index in [1.165, 1.54) is 28.0 Å². The Morgan fingerprint density at radius 1 is 1.00 bits per heavy atom. The maximum Gasteiger partial charge on any atom is 0.278 e. The molecule has 4 nitrogen and oxygen atoms in total. The summed E-state index contributed by atoms with van der Waals surface area (Å²) in [7, 11) is 0. The van der Waals surface area contributed by atoms with Crippen LogP contribution < -0.4 is 15.1 Å². The lowest BCUT2D eigenvalue weighted by atomic mass is 10.1. The van der Waals surface area contributed by atoms with Gasteiger partial charge in [0.2, 0.25) is 0 Å². The lowest BCUT2D eigenvalue weighted by molar-refractivity contribution is -1.02. The molecule has 1 fully saturated rings. The summed E-state index contributed by atoms with van der Waals surface area (Å²) in [5.74, 6) is -0.424. The molecule has 2 atom stereocenters. The standard InChI is InChI=1S/C22H27F2N3O/c1-16(18-7-9-20(23)10-8-18)25-22(28)17(2)27-13-11-26(12-14-27)15-19-5-3-4-6-21(19)24/h3-10,16-17H,11-15H2,1-2H3,(H,25,28)/p+2/t16-,17-/m1/s1. The van der Waals surface area contributed by atoms with Gasteiger partial charge in [-0.05, 0) is 37.6 Å². The number of rotatable bonds is 6. The fourth-order valence-corrected chi connectivity index (χ4v) is 3.80. The zero-order valence-electron chi connectivity index (χ0n) is 16.5. The van der Waals surface area contributed by atoms with Crippen molar-refractivity contribution in [3.8, 4) is 0 Å². The van der Waals surface area contributed by atoms with Crippen LogP contribution in [-0.2, 0) is 11.3 Å². The molecule has 0 unspecified atom stereocenters. The minimum atomic E-state index is -0.282. The number of hydrogen-bond acceptors (Lipinski definition) is 1. The molecule has 1 aliphatic heterocycles. The van der Waals surface area contributed by atoms with E-state index in [2.05, 4.69) is 5.32 Å². The number of quaternary nitrogens is 2. The number of carbonyl (C=O) groups is 1. The van der Waals surface area contributed by atoms with Crippen LogP contribution in [0.3, 0.4) is 0 Å². The highest BCUT2D eigenvalue weighted by Gasteiger charge is 2.31. The minimum Gasteiger partial charge on any atom is -0.344 e. The summed E-state index contributed by atoms with van der Waals surface area (Å²) in [6.07, 6.45) is 0. The molecule has 1 heterocycles. The molecule has 0 bridgehead atoms. The first-order chi connectivity index (χ1) is 13.4. The van der Waals surface area contributed by atoms with Gasteiger partial charge in [-0.15, -0.1) is 0 Å². The molecular weight excluding hydrogens is 360 g/mol. The number of carbonyl (C=O) groups excluding carboxylic acids is 1. The molecule has 0 aromatic heterocycles. The number of benzene rings is 2. The van der Waals surface area contributed by atoms with Crippen LogP contribution in [0.5, 0.6) is 0 Å². The van der Waals surface area contributed by atoms with Crippen molar-refractivity contribution in [2.24, 2.45) is 0 Å². The van der Waals surface area contributed by atoms with E-state index in [0.717, 1.165) is 37.3 Å². The third-order valence-corrected chi connectivity index (χ3v) is 5.73. The average molecular weight is 389 g/mol. The predicted molar refractivity (Wildman–Crippen MR) is 104 cm³/mol. The molecule has 150 valence electrons. The first kappa shape index (κ1) is 20.4. The Morgan fingerprint density at radius 3 is 2.29 bits per heavy atom. The van der Waals surface area contributed by atoms with Crippen molar-refractivity contribution in [2.75, 3.05) is 26.2 Å². The van der Waals surface area contributed by atoms with Gasteiger partial charge >= 0.3 is 0 Å². The highest BCUT2D eigenvalue weighted by Crippen LogP contribution is 2.12. The van der Waals surface area contributed by atoms with Crippen LogP contribution in [-0.4, -0.2) is 38.1 Å². The van der Waals surface area contributed by atoms with Gasteiger partial charge in [0.1, 0.15) is 44.4 Å². The van der Waals surface area contributed by atoms with Crippen molar-refractivity contribution in [3.05, 3.63) is 71.3 Å². The summed E-state index contributed by atoms with van der Waals surface area (Å²) in [5, 5.41) is 3.03. The molecule has 2 aromatic rings. The van der Waals surface area contributed by atoms with Gasteiger partial charge < -0.3 is 15.1 Å². The van der Waals surface area contributed by atoms with E-state index < -0.39 is 0 Å². The Labute approximate surface area is 165 Å². The summed E-state index contributed by atoms with van der Waals surface area (Å²) >= 11 is 0. The van der Waals surface area contributed by atoms with Crippen molar-refractivity contribution >= 4 is 5.91 Å². The normalized spacial score (nSPS) is 21.7. The Balaban J connectivity index is 1.48. The summed E-state index contributed by atoms with van der Waals surface area (Å²) in [5.41, 5.74) is 1.64. The van der Waals surface area contributed by atoms with E-state index in [-0.39, 0.29) is 29.6 Å². The lowest BCUT2D eigenvalue weighted by Gasteiger charge is -2.33. The zero-order valence-corrected chi connectivity index (χ0v) is 16.5. The maximum absolute atomic E-state index is 13.8. The fourth-order valence-electron chi connectivity index (χ4n) is 3.80. The molecule has 28 heavy (non-hydrogen) atoms. The minimum absolute atomic E-state index is 0.00405. The van der Waals surface area contributed by atoms with E-state index >= 15 is 0 Å². The number of halogens is 2. The summed E-state index contributed by atoms with van der Waals surface area (Å²) < 4.78 is 26.9. The highest BCUT2D eigenvalue weighted by atomic mass is 19.1. The van der Waals surface area contributed by atoms with Crippen LogP contribution in [0.2, 0.25) is 0 Å². The third-order valence-electron chi connectivity index (χ3n) is 5.73. The van der Waals surface area contributed by atoms with Crippen LogP contribution >= 0.6 is 0 Å². The van der Waals surface area contributed by atoms with Gasteiger partial charge in [0, 0.05) is 5.56 Å². The van der Waals surface area contributed by atoms with Gasteiger partial charge in [-0.2, -0.15) is 0 Å². The van der Waals surface area contributed by atoms with Gasteiger partial charge in [-0.25, -0.2) is 8.78 Å². The molecule has 1 aliphatic rings. The molecular formula is C22H29F2N3O+2. The van der Waals surface area contributed by atoms with Crippen LogP contribution in [0, 0.1) is 11.6 Å². The van der Waals surface area contributed by atoms with Crippen molar-refractivity contribution in [3.63, 3.8) is 0 Å². The lowest BCUT2D eigenvalue weighted by Crippen LogP contribution is -3.29. The van der Waals surface area contributed by atoms with Gasteiger partial charge in [-0.1, -0.05) is 30.3 Å². The van der Waals surface area contributed by atoms with Crippen LogP contribution in [0.4, 0.5) is 8.78 Å². The molecule has 2 aromatic carbocycles. The van der Waals surface area contributed by atoms with Gasteiger partial charge in [0.05, 0.1) is 6.04 Å². The zero-order chi connectivity index (χ0) is 20.1. The number of amides is 1. The number of hydrogen-bond donors (Lipinski definition) is 3. The Hall–Kier alpha value is -2.31. The van der Waals surface area contributed by atoms with E-state index in [9.17, 15) is 13.6 Å².